The molecule has 128 valence electrons. The molecule has 4 aromatic rings. The Morgan fingerprint density at radius 2 is 2.12 bits per heavy atom. The lowest BCUT2D eigenvalue weighted by Crippen LogP contribution is -2.15. The summed E-state index contributed by atoms with van der Waals surface area (Å²) < 4.78 is 1.85. The van der Waals surface area contributed by atoms with Crippen molar-refractivity contribution in [3.8, 4) is 0 Å². The standard InChI is InChI=1S/C18H21N7/c1-4-11(2)21-17-14-7-8-19-16(14)23-18(24-17)22-13-6-5-12-10-20-25(3)15(12)9-13/h5-11H,4H2,1-3H3,(H3,19,21,22,23,24)/t11-/m1/s1. The number of hydrogen-bond donors (Lipinski definition) is 3. The van der Waals surface area contributed by atoms with Crippen LogP contribution in [0.1, 0.15) is 20.3 Å². The third-order valence-electron chi connectivity index (χ3n) is 4.42. The number of H-pyrrole nitrogens is 1. The van der Waals surface area contributed by atoms with E-state index in [9.17, 15) is 0 Å². The second kappa shape index (κ2) is 6.08. The first-order valence-corrected chi connectivity index (χ1v) is 8.44. The van der Waals surface area contributed by atoms with Crippen molar-refractivity contribution in [3.05, 3.63) is 36.7 Å². The van der Waals surface area contributed by atoms with Gasteiger partial charge in [-0.3, -0.25) is 4.68 Å². The van der Waals surface area contributed by atoms with Crippen molar-refractivity contribution in [3.63, 3.8) is 0 Å². The van der Waals surface area contributed by atoms with Gasteiger partial charge in [-0.1, -0.05) is 6.92 Å². The number of benzene rings is 1. The van der Waals surface area contributed by atoms with Crippen molar-refractivity contribution < 1.29 is 0 Å². The molecule has 0 unspecified atom stereocenters. The Labute approximate surface area is 145 Å². The average Bonchev–Trinajstić information content (AvgIpc) is 3.22. The molecule has 0 fully saturated rings. The number of rotatable bonds is 5. The Hall–Kier alpha value is -3.09. The highest BCUT2D eigenvalue weighted by Gasteiger charge is 2.11. The van der Waals surface area contributed by atoms with Crippen molar-refractivity contribution in [2.24, 2.45) is 7.05 Å². The van der Waals surface area contributed by atoms with Gasteiger partial charge in [0.2, 0.25) is 5.95 Å². The van der Waals surface area contributed by atoms with E-state index in [2.05, 4.69) is 44.5 Å². The van der Waals surface area contributed by atoms with Gasteiger partial charge in [0.1, 0.15) is 11.5 Å². The zero-order valence-corrected chi connectivity index (χ0v) is 14.5. The Morgan fingerprint density at radius 3 is 2.96 bits per heavy atom. The lowest BCUT2D eigenvalue weighted by atomic mass is 10.2. The molecule has 0 bridgehead atoms. The summed E-state index contributed by atoms with van der Waals surface area (Å²) in [6.45, 7) is 4.29. The summed E-state index contributed by atoms with van der Waals surface area (Å²) in [5.41, 5.74) is 2.80. The zero-order valence-electron chi connectivity index (χ0n) is 14.5. The van der Waals surface area contributed by atoms with Gasteiger partial charge in [0, 0.05) is 30.4 Å². The van der Waals surface area contributed by atoms with E-state index < -0.39 is 0 Å². The number of nitrogens with zero attached hydrogens (tertiary/aromatic N) is 4. The molecule has 3 heterocycles. The van der Waals surface area contributed by atoms with Gasteiger partial charge in [-0.15, -0.1) is 0 Å². The lowest BCUT2D eigenvalue weighted by Gasteiger charge is -2.14. The molecule has 0 radical (unpaired) electrons. The number of nitrogens with one attached hydrogen (secondary N) is 3. The molecule has 0 aliphatic rings. The molecule has 3 N–H and O–H groups in total. The third-order valence-corrected chi connectivity index (χ3v) is 4.42. The number of fused-ring (bicyclic) bond motifs is 2. The average molecular weight is 335 g/mol. The number of hydrogen-bond acceptors (Lipinski definition) is 5. The maximum Gasteiger partial charge on any atom is 0.231 e. The number of anilines is 3. The molecule has 7 heteroatoms. The summed E-state index contributed by atoms with van der Waals surface area (Å²) >= 11 is 0. The summed E-state index contributed by atoms with van der Waals surface area (Å²) in [6, 6.07) is 8.42. The molecule has 25 heavy (non-hydrogen) atoms. The Bertz CT molecular complexity index is 1030. The van der Waals surface area contributed by atoms with Gasteiger partial charge < -0.3 is 15.6 Å². The van der Waals surface area contributed by atoms with Crippen molar-refractivity contribution in [2.45, 2.75) is 26.3 Å². The number of aromatic nitrogens is 5. The van der Waals surface area contributed by atoms with E-state index in [1.54, 1.807) is 0 Å². The number of aromatic amines is 1. The largest absolute Gasteiger partial charge is 0.367 e. The number of aryl methyl sites for hydroxylation is 1. The highest BCUT2D eigenvalue weighted by Crippen LogP contribution is 2.25. The van der Waals surface area contributed by atoms with Crippen LogP contribution in [0.5, 0.6) is 0 Å². The quantitative estimate of drug-likeness (QED) is 0.517. The molecule has 4 rings (SSSR count). The van der Waals surface area contributed by atoms with Crippen LogP contribution in [0.25, 0.3) is 21.9 Å². The normalized spacial score (nSPS) is 12.6. The second-order valence-electron chi connectivity index (χ2n) is 6.26. The molecule has 0 spiro atoms. The summed E-state index contributed by atoms with van der Waals surface area (Å²) in [5.74, 6) is 1.40. The van der Waals surface area contributed by atoms with Crippen LogP contribution in [0.2, 0.25) is 0 Å². The van der Waals surface area contributed by atoms with Crippen molar-refractivity contribution >= 4 is 39.4 Å². The molecule has 0 aliphatic heterocycles. The van der Waals surface area contributed by atoms with Crippen LogP contribution in [-0.4, -0.2) is 30.8 Å². The van der Waals surface area contributed by atoms with E-state index in [4.69, 9.17) is 0 Å². The topological polar surface area (TPSA) is 83.4 Å². The molecule has 1 aromatic carbocycles. The maximum atomic E-state index is 4.67. The van der Waals surface area contributed by atoms with Gasteiger partial charge in [-0.2, -0.15) is 15.1 Å². The van der Waals surface area contributed by atoms with Crippen molar-refractivity contribution in [2.75, 3.05) is 10.6 Å². The Morgan fingerprint density at radius 1 is 1.24 bits per heavy atom. The molecule has 7 nitrogen and oxygen atoms in total. The summed E-state index contributed by atoms with van der Waals surface area (Å²) in [5, 5.41) is 13.1. The maximum absolute atomic E-state index is 4.67. The Balaban J connectivity index is 1.71. The molecule has 3 aromatic heterocycles. The van der Waals surface area contributed by atoms with Gasteiger partial charge >= 0.3 is 0 Å². The summed E-state index contributed by atoms with van der Waals surface area (Å²) in [4.78, 5) is 12.4. The first-order valence-electron chi connectivity index (χ1n) is 8.44. The van der Waals surface area contributed by atoms with E-state index in [0.29, 0.717) is 12.0 Å². The first kappa shape index (κ1) is 15.4. The van der Waals surface area contributed by atoms with Crippen LogP contribution >= 0.6 is 0 Å². The van der Waals surface area contributed by atoms with E-state index in [-0.39, 0.29) is 0 Å². The minimum atomic E-state index is 0.339. The fourth-order valence-electron chi connectivity index (χ4n) is 2.79. The van der Waals surface area contributed by atoms with Gasteiger partial charge in [0.25, 0.3) is 0 Å². The van der Waals surface area contributed by atoms with E-state index >= 15 is 0 Å². The highest BCUT2D eigenvalue weighted by atomic mass is 15.2. The zero-order chi connectivity index (χ0) is 17.4. The smallest absolute Gasteiger partial charge is 0.231 e. The lowest BCUT2D eigenvalue weighted by molar-refractivity contribution is 0.760. The van der Waals surface area contributed by atoms with E-state index in [0.717, 1.165) is 39.9 Å². The monoisotopic (exact) mass is 335 g/mol. The predicted octanol–water partition coefficient (Wildman–Crippen LogP) is 3.80. The minimum absolute atomic E-state index is 0.339. The summed E-state index contributed by atoms with van der Waals surface area (Å²) in [7, 11) is 1.93. The van der Waals surface area contributed by atoms with Crippen LogP contribution in [0, 0.1) is 0 Å². The van der Waals surface area contributed by atoms with Crippen LogP contribution < -0.4 is 10.6 Å². The van der Waals surface area contributed by atoms with Crippen LogP contribution in [-0.2, 0) is 7.05 Å². The van der Waals surface area contributed by atoms with Crippen molar-refractivity contribution in [1.29, 1.82) is 0 Å². The van der Waals surface area contributed by atoms with Crippen LogP contribution in [0.4, 0.5) is 17.5 Å². The first-order chi connectivity index (χ1) is 12.1. The third kappa shape index (κ3) is 2.88. The summed E-state index contributed by atoms with van der Waals surface area (Å²) in [6.07, 6.45) is 4.76. The molecule has 0 aliphatic carbocycles. The fraction of sp³-hybridized carbons (Fsp3) is 0.278. The molecular weight excluding hydrogens is 314 g/mol. The van der Waals surface area contributed by atoms with E-state index in [1.165, 1.54) is 0 Å². The minimum Gasteiger partial charge on any atom is -0.367 e. The molecule has 1 atom stereocenters. The Kier molecular flexibility index (Phi) is 3.76. The van der Waals surface area contributed by atoms with Crippen LogP contribution in [0.3, 0.4) is 0 Å². The molecule has 0 saturated carbocycles. The fourth-order valence-corrected chi connectivity index (χ4v) is 2.79. The molecule has 0 amide bonds. The predicted molar refractivity (Wildman–Crippen MR) is 101 cm³/mol. The SMILES string of the molecule is CC[C@@H](C)Nc1nc(Nc2ccc3cnn(C)c3c2)nc2[nH]ccc12. The van der Waals surface area contributed by atoms with Gasteiger partial charge in [0.05, 0.1) is 17.1 Å². The van der Waals surface area contributed by atoms with Gasteiger partial charge in [-0.25, -0.2) is 0 Å². The molecular formula is C18H21N7. The second-order valence-corrected chi connectivity index (χ2v) is 6.26. The highest BCUT2D eigenvalue weighted by molar-refractivity contribution is 5.89. The van der Waals surface area contributed by atoms with Crippen molar-refractivity contribution in [1.82, 2.24) is 24.7 Å². The molecule has 0 saturated heterocycles. The van der Waals surface area contributed by atoms with Crippen LogP contribution in [0.15, 0.2) is 36.7 Å². The van der Waals surface area contributed by atoms with Gasteiger partial charge in [0.15, 0.2) is 0 Å². The van der Waals surface area contributed by atoms with E-state index in [1.807, 2.05) is 48.4 Å². The van der Waals surface area contributed by atoms with Gasteiger partial charge in [-0.05, 0) is 37.6 Å².